The van der Waals surface area contributed by atoms with Crippen LogP contribution in [0.4, 0.5) is 5.69 Å². The maximum Gasteiger partial charge on any atom is 0.341 e. The topological polar surface area (TPSA) is 94.6 Å². The van der Waals surface area contributed by atoms with Crippen molar-refractivity contribution < 1.29 is 19.7 Å². The Kier molecular flexibility index (Phi) is 6.11. The summed E-state index contributed by atoms with van der Waals surface area (Å²) >= 11 is 5.98. The highest BCUT2D eigenvalue weighted by Gasteiger charge is 2.14. The highest BCUT2D eigenvalue weighted by atomic mass is 35.5. The molecule has 0 amide bonds. The van der Waals surface area contributed by atoms with Gasteiger partial charge >= 0.3 is 5.97 Å². The van der Waals surface area contributed by atoms with E-state index >= 15 is 0 Å². The number of halogens is 1. The Balaban J connectivity index is 1.59. The molecule has 0 aliphatic carbocycles. The number of aromatic amines is 1. The van der Waals surface area contributed by atoms with E-state index in [2.05, 4.69) is 10.3 Å². The number of hydrogen-bond acceptors (Lipinski definition) is 5. The van der Waals surface area contributed by atoms with E-state index in [0.717, 1.165) is 11.3 Å². The van der Waals surface area contributed by atoms with Gasteiger partial charge in [0.05, 0.1) is 11.6 Å². The smallest absolute Gasteiger partial charge is 0.341 e. The van der Waals surface area contributed by atoms with Crippen molar-refractivity contribution in [3.05, 3.63) is 76.1 Å². The van der Waals surface area contributed by atoms with Gasteiger partial charge in [0.2, 0.25) is 0 Å². The van der Waals surface area contributed by atoms with Gasteiger partial charge in [-0.05, 0) is 42.8 Å². The second-order valence-corrected chi connectivity index (χ2v) is 6.83. The van der Waals surface area contributed by atoms with Crippen LogP contribution in [0.15, 0.2) is 48.7 Å². The lowest BCUT2D eigenvalue weighted by molar-refractivity contribution is 0.0505. The second-order valence-electron chi connectivity index (χ2n) is 6.42. The van der Waals surface area contributed by atoms with E-state index in [9.17, 15) is 15.0 Å². The van der Waals surface area contributed by atoms with Gasteiger partial charge < -0.3 is 25.3 Å². The SMILES string of the molecule is Cc1cc(Cl)c(O)c(CNc2ccc(C(=O)OCCc3ccc[nH]3)c(O)c2)c1. The molecule has 3 aromatic rings. The van der Waals surface area contributed by atoms with Crippen LogP contribution in [0, 0.1) is 6.92 Å². The summed E-state index contributed by atoms with van der Waals surface area (Å²) in [5.74, 6) is -0.744. The first-order valence-electron chi connectivity index (χ1n) is 8.78. The largest absolute Gasteiger partial charge is 0.507 e. The number of benzene rings is 2. The van der Waals surface area contributed by atoms with Gasteiger partial charge in [-0.1, -0.05) is 17.7 Å². The van der Waals surface area contributed by atoms with E-state index in [1.807, 2.05) is 25.1 Å². The summed E-state index contributed by atoms with van der Waals surface area (Å²) in [4.78, 5) is 15.2. The van der Waals surface area contributed by atoms with Crippen molar-refractivity contribution in [3.63, 3.8) is 0 Å². The minimum atomic E-state index is -0.585. The van der Waals surface area contributed by atoms with Crippen molar-refractivity contribution in [1.82, 2.24) is 4.98 Å². The van der Waals surface area contributed by atoms with Crippen LogP contribution < -0.4 is 5.32 Å². The van der Waals surface area contributed by atoms with E-state index in [0.29, 0.717) is 24.2 Å². The summed E-state index contributed by atoms with van der Waals surface area (Å²) < 4.78 is 5.21. The zero-order valence-corrected chi connectivity index (χ0v) is 16.1. The molecule has 0 radical (unpaired) electrons. The number of phenolic OH excluding ortho intramolecular Hbond substituents is 2. The predicted octanol–water partition coefficient (Wildman–Crippen LogP) is 4.40. The Labute approximate surface area is 167 Å². The van der Waals surface area contributed by atoms with Crippen molar-refractivity contribution in [2.45, 2.75) is 19.9 Å². The van der Waals surface area contributed by atoms with E-state index in [1.165, 1.54) is 12.1 Å². The first kappa shape index (κ1) is 19.6. The van der Waals surface area contributed by atoms with Crippen LogP contribution in [0.25, 0.3) is 0 Å². The number of rotatable bonds is 7. The summed E-state index contributed by atoms with van der Waals surface area (Å²) in [7, 11) is 0. The first-order valence-corrected chi connectivity index (χ1v) is 9.16. The summed E-state index contributed by atoms with van der Waals surface area (Å²) in [6, 6.07) is 11.9. The third-order valence-electron chi connectivity index (χ3n) is 4.25. The molecule has 0 fully saturated rings. The van der Waals surface area contributed by atoms with E-state index in [4.69, 9.17) is 16.3 Å². The molecule has 0 bridgehead atoms. The third-order valence-corrected chi connectivity index (χ3v) is 4.54. The van der Waals surface area contributed by atoms with E-state index in [1.54, 1.807) is 18.3 Å². The summed E-state index contributed by atoms with van der Waals surface area (Å²) in [5.41, 5.74) is 3.23. The van der Waals surface area contributed by atoms with Crippen molar-refractivity contribution in [1.29, 1.82) is 0 Å². The minimum Gasteiger partial charge on any atom is -0.507 e. The molecule has 2 aromatic carbocycles. The minimum absolute atomic E-state index is 0.0197. The van der Waals surface area contributed by atoms with Crippen molar-refractivity contribution in [3.8, 4) is 11.5 Å². The zero-order valence-electron chi connectivity index (χ0n) is 15.3. The van der Waals surface area contributed by atoms with E-state index in [-0.39, 0.29) is 28.7 Å². The fraction of sp³-hybridized carbons (Fsp3) is 0.190. The van der Waals surface area contributed by atoms with Gasteiger partial charge in [-0.3, -0.25) is 0 Å². The maximum atomic E-state index is 12.1. The molecule has 6 nitrogen and oxygen atoms in total. The standard InChI is InChI=1S/C21H21ClN2O4/c1-13-9-14(20(26)18(22)10-13)12-24-16-4-5-17(19(25)11-16)21(27)28-8-6-15-3-2-7-23-15/h2-5,7,9-11,23-26H,6,8,12H2,1H3. The molecule has 0 unspecified atom stereocenters. The molecule has 28 heavy (non-hydrogen) atoms. The number of aryl methyl sites for hydroxylation is 1. The van der Waals surface area contributed by atoms with Crippen molar-refractivity contribution in [2.24, 2.45) is 0 Å². The zero-order chi connectivity index (χ0) is 20.1. The molecule has 1 heterocycles. The monoisotopic (exact) mass is 400 g/mol. The molecule has 0 saturated heterocycles. The number of esters is 1. The first-order chi connectivity index (χ1) is 13.4. The number of hydrogen-bond donors (Lipinski definition) is 4. The molecule has 0 saturated carbocycles. The molecule has 4 N–H and O–H groups in total. The van der Waals surface area contributed by atoms with Gasteiger partial charge in [-0.2, -0.15) is 0 Å². The highest BCUT2D eigenvalue weighted by Crippen LogP contribution is 2.30. The van der Waals surface area contributed by atoms with Crippen LogP contribution in [-0.2, 0) is 17.7 Å². The van der Waals surface area contributed by atoms with Gasteiger partial charge in [0.25, 0.3) is 0 Å². The van der Waals surface area contributed by atoms with Gasteiger partial charge in [0.1, 0.15) is 17.1 Å². The Morgan fingerprint density at radius 2 is 2.04 bits per heavy atom. The van der Waals surface area contributed by atoms with E-state index < -0.39 is 5.97 Å². The Morgan fingerprint density at radius 1 is 1.21 bits per heavy atom. The number of ether oxygens (including phenoxy) is 1. The quantitative estimate of drug-likeness (QED) is 0.441. The average molecular weight is 401 g/mol. The van der Waals surface area contributed by atoms with Gasteiger partial charge in [-0.15, -0.1) is 0 Å². The predicted molar refractivity (Wildman–Crippen MR) is 108 cm³/mol. The van der Waals surface area contributed by atoms with Gasteiger partial charge in [0, 0.05) is 42.2 Å². The molecule has 0 aliphatic heterocycles. The van der Waals surface area contributed by atoms with Crippen LogP contribution in [-0.4, -0.2) is 27.8 Å². The summed E-state index contributed by atoms with van der Waals surface area (Å²) in [6.45, 7) is 2.41. The highest BCUT2D eigenvalue weighted by molar-refractivity contribution is 6.32. The number of phenols is 2. The normalized spacial score (nSPS) is 10.6. The van der Waals surface area contributed by atoms with Gasteiger partial charge in [-0.25, -0.2) is 4.79 Å². The lowest BCUT2D eigenvalue weighted by Crippen LogP contribution is -2.09. The molecule has 0 spiro atoms. The number of H-pyrrole nitrogens is 1. The number of aromatic hydroxyl groups is 2. The fourth-order valence-electron chi connectivity index (χ4n) is 2.81. The molecule has 1 aromatic heterocycles. The third kappa shape index (κ3) is 4.78. The summed E-state index contributed by atoms with van der Waals surface area (Å²) in [6.07, 6.45) is 2.38. The molecule has 7 heteroatoms. The van der Waals surface area contributed by atoms with Crippen LogP contribution in [0.1, 0.15) is 27.2 Å². The molecule has 0 atom stereocenters. The fourth-order valence-corrected chi connectivity index (χ4v) is 3.10. The van der Waals surface area contributed by atoms with Crippen LogP contribution >= 0.6 is 11.6 Å². The number of aromatic nitrogens is 1. The Hall–Kier alpha value is -3.12. The van der Waals surface area contributed by atoms with Crippen LogP contribution in [0.2, 0.25) is 5.02 Å². The number of anilines is 1. The molecular formula is C21H21ClN2O4. The molecular weight excluding hydrogens is 380 g/mol. The lowest BCUT2D eigenvalue weighted by atomic mass is 10.1. The maximum absolute atomic E-state index is 12.1. The van der Waals surface area contributed by atoms with Crippen LogP contribution in [0.5, 0.6) is 11.5 Å². The number of nitrogens with one attached hydrogen (secondary N) is 2. The summed E-state index contributed by atoms with van der Waals surface area (Å²) in [5, 5.41) is 23.6. The van der Waals surface area contributed by atoms with Crippen molar-refractivity contribution in [2.75, 3.05) is 11.9 Å². The molecule has 146 valence electrons. The number of carbonyl (C=O) groups excluding carboxylic acids is 1. The molecule has 0 aliphatic rings. The van der Waals surface area contributed by atoms with Crippen LogP contribution in [0.3, 0.4) is 0 Å². The van der Waals surface area contributed by atoms with Gasteiger partial charge in [0.15, 0.2) is 0 Å². The van der Waals surface area contributed by atoms with Crippen molar-refractivity contribution >= 4 is 23.3 Å². The second kappa shape index (κ2) is 8.71. The number of carbonyl (C=O) groups is 1. The lowest BCUT2D eigenvalue weighted by Gasteiger charge is -2.12. The Bertz CT molecular complexity index is 971. The Morgan fingerprint density at radius 3 is 2.75 bits per heavy atom. The molecule has 3 rings (SSSR count). The average Bonchev–Trinajstić information content (AvgIpc) is 3.17.